The monoisotopic (exact) mass is 1580 g/mol. The molecule has 578 valence electrons. The lowest BCUT2D eigenvalue weighted by Crippen LogP contribution is -2.61. The van der Waals surface area contributed by atoms with Crippen LogP contribution in [0.5, 0.6) is 0 Å². The summed E-state index contributed by atoms with van der Waals surface area (Å²) in [6, 6.07) is 150. The van der Waals surface area contributed by atoms with Crippen LogP contribution in [0.15, 0.2) is 388 Å². The van der Waals surface area contributed by atoms with Gasteiger partial charge in [-0.2, -0.15) is 0 Å². The Balaban J connectivity index is 0.790. The number of fused-ring (bicyclic) bond motifs is 28. The van der Waals surface area contributed by atoms with Crippen molar-refractivity contribution in [3.8, 4) is 66.8 Å². The SMILES string of the molecule is CC(C)(C)c1cc2c3c(c1)N(c1c(-c4cc5c6ccccc6n6c7ccccc7c(c4)c56)cccc1-c1cc4c5ccccc5n5c6ccccc6c(c1)c45)c1ccc(-c4ccccc4)cc1B3c1cc(-c3ccccc3)ccc1N2c1c(-c2cc3c4ccccc4n4c5ccccc5c(c2)c34)cccc1-c1cc2c3ccccc3n3c4ccccc4c(c1)c23. The van der Waals surface area contributed by atoms with E-state index in [1.54, 1.807) is 0 Å². The highest BCUT2D eigenvalue weighted by molar-refractivity contribution is 7.00. The number of para-hydroxylation sites is 10. The van der Waals surface area contributed by atoms with E-state index in [9.17, 15) is 0 Å². The van der Waals surface area contributed by atoms with Crippen molar-refractivity contribution in [2.24, 2.45) is 0 Å². The maximum absolute atomic E-state index is 2.78. The van der Waals surface area contributed by atoms with Gasteiger partial charge in [0.05, 0.1) is 77.6 Å². The first kappa shape index (κ1) is 67.8. The van der Waals surface area contributed by atoms with Crippen molar-refractivity contribution in [2.45, 2.75) is 26.2 Å². The second kappa shape index (κ2) is 24.4. The van der Waals surface area contributed by atoms with Crippen LogP contribution in [0.2, 0.25) is 0 Å². The molecule has 10 heterocycles. The van der Waals surface area contributed by atoms with Gasteiger partial charge in [0.2, 0.25) is 0 Å². The number of anilines is 6. The second-order valence-electron chi connectivity index (χ2n) is 36.1. The van der Waals surface area contributed by atoms with Gasteiger partial charge in [-0.25, -0.2) is 0 Å². The van der Waals surface area contributed by atoms with Crippen molar-refractivity contribution in [3.63, 3.8) is 0 Å². The van der Waals surface area contributed by atoms with Gasteiger partial charge in [0, 0.05) is 131 Å². The van der Waals surface area contributed by atoms with Crippen molar-refractivity contribution in [1.29, 1.82) is 0 Å². The van der Waals surface area contributed by atoms with Crippen LogP contribution in [0.1, 0.15) is 26.3 Å². The molecule has 19 aromatic carbocycles. The molecule has 0 radical (unpaired) electrons. The predicted octanol–water partition coefficient (Wildman–Crippen LogP) is 29.7. The largest absolute Gasteiger partial charge is 0.310 e. The van der Waals surface area contributed by atoms with Gasteiger partial charge in [-0.3, -0.25) is 0 Å². The Kier molecular flexibility index (Phi) is 13.3. The molecule has 27 aromatic rings. The highest BCUT2D eigenvalue weighted by atomic mass is 15.2. The molecule has 7 heteroatoms. The third kappa shape index (κ3) is 8.97. The molecule has 0 amide bonds. The minimum atomic E-state index is -0.390. The van der Waals surface area contributed by atoms with Crippen molar-refractivity contribution in [2.75, 3.05) is 9.80 Å². The quantitative estimate of drug-likeness (QED) is 0.142. The van der Waals surface area contributed by atoms with Gasteiger partial charge in [0.1, 0.15) is 0 Å². The third-order valence-electron chi connectivity index (χ3n) is 28.7. The van der Waals surface area contributed by atoms with Gasteiger partial charge in [-0.05, 0) is 193 Å². The zero-order chi connectivity index (χ0) is 81.7. The average molecular weight is 1590 g/mol. The predicted molar refractivity (Wildman–Crippen MR) is 530 cm³/mol. The molecule has 0 atom stereocenters. The van der Waals surface area contributed by atoms with Crippen LogP contribution in [0.3, 0.4) is 0 Å². The fraction of sp³-hybridized carbons (Fsp3) is 0.0339. The van der Waals surface area contributed by atoms with E-state index in [-0.39, 0.29) is 12.1 Å². The number of hydrogen-bond donors (Lipinski definition) is 0. The Morgan fingerprint density at radius 3 is 0.680 bits per heavy atom. The van der Waals surface area contributed by atoms with Crippen molar-refractivity contribution in [3.05, 3.63) is 394 Å². The van der Waals surface area contributed by atoms with Crippen LogP contribution in [0.25, 0.3) is 219 Å². The van der Waals surface area contributed by atoms with Crippen LogP contribution in [0.4, 0.5) is 34.1 Å². The molecule has 8 aromatic heterocycles. The van der Waals surface area contributed by atoms with Crippen LogP contribution in [-0.2, 0) is 5.41 Å². The summed E-state index contributed by atoms with van der Waals surface area (Å²) in [5.74, 6) is 0. The molecule has 0 N–H and O–H groups in total. The van der Waals surface area contributed by atoms with Crippen LogP contribution >= 0.6 is 0 Å². The third-order valence-corrected chi connectivity index (χ3v) is 28.7. The molecule has 0 aliphatic carbocycles. The van der Waals surface area contributed by atoms with E-state index in [2.05, 4.69) is 436 Å². The van der Waals surface area contributed by atoms with Gasteiger partial charge in [-0.1, -0.05) is 288 Å². The lowest BCUT2D eigenvalue weighted by atomic mass is 9.33. The molecule has 2 aliphatic rings. The number of nitrogens with zero attached hydrogens (tertiary/aromatic N) is 6. The minimum Gasteiger partial charge on any atom is -0.310 e. The van der Waals surface area contributed by atoms with Crippen LogP contribution in [-0.4, -0.2) is 24.3 Å². The Bertz CT molecular complexity index is 8110. The summed E-state index contributed by atoms with van der Waals surface area (Å²) in [6.07, 6.45) is 0. The van der Waals surface area contributed by atoms with Gasteiger partial charge >= 0.3 is 0 Å². The molecule has 0 saturated carbocycles. The summed E-state index contributed by atoms with van der Waals surface area (Å²) >= 11 is 0. The zero-order valence-electron chi connectivity index (χ0n) is 68.7. The molecule has 0 unspecified atom stereocenters. The number of rotatable bonds is 8. The number of hydrogen-bond acceptors (Lipinski definition) is 2. The molecule has 0 fully saturated rings. The fourth-order valence-corrected chi connectivity index (χ4v) is 23.5. The minimum absolute atomic E-state index is 0.302. The normalized spacial score (nSPS) is 13.2. The molecule has 29 rings (SSSR count). The van der Waals surface area contributed by atoms with Crippen molar-refractivity contribution < 1.29 is 0 Å². The van der Waals surface area contributed by atoms with E-state index in [1.165, 1.54) is 185 Å². The van der Waals surface area contributed by atoms with E-state index in [4.69, 9.17) is 0 Å². The van der Waals surface area contributed by atoms with Gasteiger partial charge < -0.3 is 27.4 Å². The molecular weight excluding hydrogens is 1510 g/mol. The summed E-state index contributed by atoms with van der Waals surface area (Å²) < 4.78 is 10.1. The molecule has 0 bridgehead atoms. The van der Waals surface area contributed by atoms with Gasteiger partial charge in [0.15, 0.2) is 0 Å². The van der Waals surface area contributed by atoms with Crippen LogP contribution in [0, 0.1) is 0 Å². The number of aromatic nitrogens is 4. The lowest BCUT2D eigenvalue weighted by molar-refractivity contribution is 0.590. The lowest BCUT2D eigenvalue weighted by Gasteiger charge is -2.46. The Morgan fingerprint density at radius 1 is 0.192 bits per heavy atom. The Morgan fingerprint density at radius 2 is 0.432 bits per heavy atom. The summed E-state index contributed by atoms with van der Waals surface area (Å²) in [6.45, 7) is 6.98. The molecule has 125 heavy (non-hydrogen) atoms. The van der Waals surface area contributed by atoms with E-state index < -0.39 is 0 Å². The summed E-state index contributed by atoms with van der Waals surface area (Å²) in [7, 11) is 0. The van der Waals surface area contributed by atoms with E-state index in [1.807, 2.05) is 0 Å². The Labute approximate surface area is 718 Å². The van der Waals surface area contributed by atoms with E-state index >= 15 is 0 Å². The smallest absolute Gasteiger partial charge is 0.252 e. The summed E-state index contributed by atoms with van der Waals surface area (Å²) in [5.41, 5.74) is 39.8. The van der Waals surface area contributed by atoms with Gasteiger partial charge in [-0.15, -0.1) is 0 Å². The average Bonchev–Trinajstić information content (AvgIpc) is 1.57. The van der Waals surface area contributed by atoms with Crippen molar-refractivity contribution in [1.82, 2.24) is 17.6 Å². The van der Waals surface area contributed by atoms with Crippen LogP contribution < -0.4 is 26.2 Å². The van der Waals surface area contributed by atoms with E-state index in [0.29, 0.717) is 0 Å². The highest BCUT2D eigenvalue weighted by Crippen LogP contribution is 2.58. The Hall–Kier alpha value is -16.0. The second-order valence-corrected chi connectivity index (χ2v) is 36.1. The summed E-state index contributed by atoms with van der Waals surface area (Å²) in [5, 5.41) is 19.8. The first-order valence-corrected chi connectivity index (χ1v) is 43.8. The zero-order valence-corrected chi connectivity index (χ0v) is 68.7. The molecule has 0 spiro atoms. The molecule has 6 nitrogen and oxygen atoms in total. The molecule has 0 saturated heterocycles. The van der Waals surface area contributed by atoms with Gasteiger partial charge in [0.25, 0.3) is 6.71 Å². The van der Waals surface area contributed by atoms with Crippen molar-refractivity contribution >= 4 is 210 Å². The molecular formula is C118H73BN6. The number of benzene rings is 19. The first-order chi connectivity index (χ1) is 61.7. The maximum Gasteiger partial charge on any atom is 0.252 e. The first-order valence-electron chi connectivity index (χ1n) is 43.8. The summed E-state index contributed by atoms with van der Waals surface area (Å²) in [4.78, 5) is 5.56. The van der Waals surface area contributed by atoms with E-state index in [0.717, 1.165) is 89.8 Å². The molecule has 2 aliphatic heterocycles. The standard InChI is InChI=1S/C118H73BN6/c1-118(2,3)76-66-109-111-110(67-76)125(113-79(74-60-93-85-36-14-22-48-103(85)122-104-49-23-15-37-86(104)94(61-74)116(93)122)42-27-43-80(113)75-62-95-87-38-16-24-50-105(87)123-106-51-25-17-39-88(106)96(63-75)117(95)123)108-55-53-71(69-30-8-5-9-31-69)65-98(108)119(111)97-64-70(68-28-6-4-7-29-68)52-54-107(97)124(109)112-77(72-56-89-81-32-10-18-44-99(81)120-100-45-19-11-33-82(100)90(57-72)114(89)120)40-26-41-78(112)73-58-91-83-34-12-20-46-101(83)121-102-47-21-13-35-84(102)92(59-73)115(91)121/h4-67H,1-3H3. The fourth-order valence-electron chi connectivity index (χ4n) is 23.5. The maximum atomic E-state index is 2.78. The highest BCUT2D eigenvalue weighted by Gasteiger charge is 2.47. The topological polar surface area (TPSA) is 24.1 Å².